The molecule has 1 saturated heterocycles. The van der Waals surface area contributed by atoms with E-state index in [1.54, 1.807) is 25.1 Å². The van der Waals surface area contributed by atoms with Crippen molar-refractivity contribution in [1.82, 2.24) is 5.32 Å². The first-order valence-electron chi connectivity index (χ1n) is 7.61. The molecule has 0 saturated carbocycles. The lowest BCUT2D eigenvalue weighted by molar-refractivity contribution is -0.118. The van der Waals surface area contributed by atoms with Crippen LogP contribution in [0, 0.1) is 5.82 Å². The lowest BCUT2D eigenvalue weighted by Gasteiger charge is -2.05. The summed E-state index contributed by atoms with van der Waals surface area (Å²) in [5.74, 6) is -0.399. The molecule has 1 N–H and O–H groups in total. The van der Waals surface area contributed by atoms with Crippen LogP contribution in [0.3, 0.4) is 0 Å². The van der Waals surface area contributed by atoms with Crippen molar-refractivity contribution >= 4 is 40.1 Å². The summed E-state index contributed by atoms with van der Waals surface area (Å²) >= 11 is 7.31. The van der Waals surface area contributed by atoms with Crippen LogP contribution < -0.4 is 5.32 Å². The Bertz CT molecular complexity index is 852. The maximum absolute atomic E-state index is 12.9. The molecule has 2 aromatic rings. The van der Waals surface area contributed by atoms with Crippen LogP contribution in [0.15, 0.2) is 58.7 Å². The molecule has 1 amide bonds. The Balaban J connectivity index is 1.68. The molecule has 0 spiro atoms. The van der Waals surface area contributed by atoms with Gasteiger partial charge in [0.05, 0.1) is 11.0 Å². The number of carbonyl (C=O) groups is 1. The average Bonchev–Trinajstić information content (AvgIpc) is 2.93. The van der Waals surface area contributed by atoms with Gasteiger partial charge in [-0.2, -0.15) is 5.10 Å². The van der Waals surface area contributed by atoms with Gasteiger partial charge in [-0.3, -0.25) is 4.79 Å². The third kappa shape index (κ3) is 4.67. The Morgan fingerprint density at radius 1 is 1.28 bits per heavy atom. The van der Waals surface area contributed by atoms with Crippen molar-refractivity contribution in [2.75, 3.05) is 0 Å². The van der Waals surface area contributed by atoms with Gasteiger partial charge < -0.3 is 5.32 Å². The maximum Gasteiger partial charge on any atom is 0.239 e. The fourth-order valence-electron chi connectivity index (χ4n) is 2.33. The molecule has 1 heterocycles. The number of carbonyl (C=O) groups excluding carboxylic acids is 1. The Morgan fingerprint density at radius 2 is 2.04 bits per heavy atom. The smallest absolute Gasteiger partial charge is 0.239 e. The minimum atomic E-state index is -0.301. The zero-order chi connectivity index (χ0) is 17.8. The van der Waals surface area contributed by atoms with E-state index < -0.39 is 0 Å². The molecule has 1 atom stereocenters. The third-order valence-corrected chi connectivity index (χ3v) is 4.95. The van der Waals surface area contributed by atoms with Crippen molar-refractivity contribution in [3.8, 4) is 0 Å². The van der Waals surface area contributed by atoms with Gasteiger partial charge in [-0.1, -0.05) is 47.6 Å². The molecule has 128 valence electrons. The SMILES string of the molecule is C/C(=N\N=C1/NC(=O)C(Cc2cccc(Cl)c2)S1)c1ccc(F)cc1. The summed E-state index contributed by atoms with van der Waals surface area (Å²) in [5, 5.41) is 11.8. The highest BCUT2D eigenvalue weighted by Crippen LogP contribution is 2.24. The second-order valence-corrected chi connectivity index (χ2v) is 7.16. The highest BCUT2D eigenvalue weighted by Gasteiger charge is 2.30. The molecule has 0 bridgehead atoms. The van der Waals surface area contributed by atoms with E-state index >= 15 is 0 Å². The van der Waals surface area contributed by atoms with Gasteiger partial charge in [-0.05, 0) is 48.7 Å². The molecule has 2 aromatic carbocycles. The van der Waals surface area contributed by atoms with Gasteiger partial charge in [0.2, 0.25) is 5.91 Å². The van der Waals surface area contributed by atoms with Crippen LogP contribution in [0.25, 0.3) is 0 Å². The summed E-state index contributed by atoms with van der Waals surface area (Å²) in [7, 11) is 0. The van der Waals surface area contributed by atoms with E-state index in [-0.39, 0.29) is 17.0 Å². The number of amidine groups is 1. The molecule has 7 heteroatoms. The predicted molar refractivity (Wildman–Crippen MR) is 101 cm³/mol. The van der Waals surface area contributed by atoms with Crippen LogP contribution in [0.1, 0.15) is 18.1 Å². The van der Waals surface area contributed by atoms with Crippen LogP contribution in [-0.4, -0.2) is 22.0 Å². The Hall–Kier alpha value is -2.18. The summed E-state index contributed by atoms with van der Waals surface area (Å²) in [6, 6.07) is 13.5. The maximum atomic E-state index is 12.9. The highest BCUT2D eigenvalue weighted by atomic mass is 35.5. The fraction of sp³-hybridized carbons (Fsp3) is 0.167. The summed E-state index contributed by atoms with van der Waals surface area (Å²) in [4.78, 5) is 12.1. The predicted octanol–water partition coefficient (Wildman–Crippen LogP) is 4.03. The van der Waals surface area contributed by atoms with Crippen LogP contribution >= 0.6 is 23.4 Å². The number of thioether (sulfide) groups is 1. The van der Waals surface area contributed by atoms with E-state index in [9.17, 15) is 9.18 Å². The molecule has 1 unspecified atom stereocenters. The number of hydrogen-bond acceptors (Lipinski definition) is 4. The van der Waals surface area contributed by atoms with Gasteiger partial charge in [0.15, 0.2) is 5.17 Å². The molecule has 4 nitrogen and oxygen atoms in total. The zero-order valence-electron chi connectivity index (χ0n) is 13.4. The monoisotopic (exact) mass is 375 g/mol. The van der Waals surface area contributed by atoms with Crippen molar-refractivity contribution in [3.05, 3.63) is 70.5 Å². The van der Waals surface area contributed by atoms with Crippen molar-refractivity contribution < 1.29 is 9.18 Å². The standard InChI is InChI=1S/C18H15ClFN3OS/c1-11(13-5-7-15(20)8-6-13)22-23-18-21-17(24)16(25-18)10-12-3-2-4-14(19)9-12/h2-9,16H,10H2,1H3,(H,21,23,24)/b22-11+. The van der Waals surface area contributed by atoms with Crippen LogP contribution in [-0.2, 0) is 11.2 Å². The number of benzene rings is 2. The summed E-state index contributed by atoms with van der Waals surface area (Å²) in [5.41, 5.74) is 2.41. The van der Waals surface area contributed by atoms with Crippen molar-refractivity contribution in [2.45, 2.75) is 18.6 Å². The van der Waals surface area contributed by atoms with Gasteiger partial charge in [0.1, 0.15) is 5.82 Å². The number of nitrogens with zero attached hydrogens (tertiary/aromatic N) is 2. The molecular weight excluding hydrogens is 361 g/mol. The van der Waals surface area contributed by atoms with Crippen LogP contribution in [0.2, 0.25) is 5.02 Å². The lowest BCUT2D eigenvalue weighted by atomic mass is 10.1. The largest absolute Gasteiger partial charge is 0.303 e. The average molecular weight is 376 g/mol. The van der Waals surface area contributed by atoms with Crippen LogP contribution in [0.4, 0.5) is 4.39 Å². The number of hydrogen-bond donors (Lipinski definition) is 1. The Labute approximate surface area is 154 Å². The highest BCUT2D eigenvalue weighted by molar-refractivity contribution is 8.15. The van der Waals surface area contributed by atoms with Crippen LogP contribution in [0.5, 0.6) is 0 Å². The number of halogens is 2. The molecule has 0 aromatic heterocycles. The first-order chi connectivity index (χ1) is 12.0. The summed E-state index contributed by atoms with van der Waals surface area (Å²) in [6.45, 7) is 1.78. The van der Waals surface area contributed by atoms with Gasteiger partial charge >= 0.3 is 0 Å². The van der Waals surface area contributed by atoms with Crippen molar-refractivity contribution in [3.63, 3.8) is 0 Å². The van der Waals surface area contributed by atoms with Gasteiger partial charge in [-0.15, -0.1) is 5.10 Å². The molecule has 1 fully saturated rings. The summed E-state index contributed by atoms with van der Waals surface area (Å²) in [6.07, 6.45) is 0.566. The third-order valence-electron chi connectivity index (χ3n) is 3.64. The number of rotatable bonds is 4. The van der Waals surface area contributed by atoms with Crippen molar-refractivity contribution in [2.24, 2.45) is 10.2 Å². The van der Waals surface area contributed by atoms with E-state index in [0.29, 0.717) is 22.3 Å². The van der Waals surface area contributed by atoms with E-state index in [2.05, 4.69) is 15.5 Å². The second-order valence-electron chi connectivity index (χ2n) is 5.53. The van der Waals surface area contributed by atoms with Gasteiger partial charge in [0.25, 0.3) is 0 Å². The first kappa shape index (κ1) is 17.6. The Morgan fingerprint density at radius 3 is 2.76 bits per heavy atom. The molecule has 1 aliphatic heterocycles. The molecule has 0 aliphatic carbocycles. The minimum Gasteiger partial charge on any atom is -0.303 e. The quantitative estimate of drug-likeness (QED) is 0.647. The lowest BCUT2D eigenvalue weighted by Crippen LogP contribution is -2.25. The first-order valence-corrected chi connectivity index (χ1v) is 8.87. The number of nitrogens with one attached hydrogen (secondary N) is 1. The fourth-order valence-corrected chi connectivity index (χ4v) is 3.51. The van der Waals surface area contributed by atoms with Crippen molar-refractivity contribution in [1.29, 1.82) is 0 Å². The molecule has 1 aliphatic rings. The molecular formula is C18H15ClFN3OS. The normalized spacial score (nSPS) is 19.3. The van der Waals surface area contributed by atoms with E-state index in [4.69, 9.17) is 11.6 Å². The summed E-state index contributed by atoms with van der Waals surface area (Å²) < 4.78 is 12.9. The molecule has 0 radical (unpaired) electrons. The topological polar surface area (TPSA) is 53.8 Å². The van der Waals surface area contributed by atoms with E-state index in [1.165, 1.54) is 23.9 Å². The molecule has 25 heavy (non-hydrogen) atoms. The zero-order valence-corrected chi connectivity index (χ0v) is 14.9. The number of amides is 1. The van der Waals surface area contributed by atoms with E-state index in [0.717, 1.165) is 11.1 Å². The Kier molecular flexibility index (Phi) is 5.50. The second kappa shape index (κ2) is 7.80. The van der Waals surface area contributed by atoms with E-state index in [1.807, 2.05) is 18.2 Å². The van der Waals surface area contributed by atoms with Gasteiger partial charge in [-0.25, -0.2) is 4.39 Å². The minimum absolute atomic E-state index is 0.0987. The van der Waals surface area contributed by atoms with Gasteiger partial charge in [0, 0.05) is 5.02 Å². The molecule has 3 rings (SSSR count).